The molecule has 1 saturated heterocycles. The molecule has 202 valence electrons. The highest BCUT2D eigenvalue weighted by atomic mass is 19.1. The summed E-state index contributed by atoms with van der Waals surface area (Å²) in [5, 5.41) is 17.2. The van der Waals surface area contributed by atoms with Crippen molar-refractivity contribution in [3.8, 4) is 22.4 Å². The molecule has 2 aromatic carbocycles. The first-order chi connectivity index (χ1) is 19.0. The maximum atomic E-state index is 14.3. The van der Waals surface area contributed by atoms with Crippen LogP contribution in [0.5, 0.6) is 0 Å². The fourth-order valence-corrected chi connectivity index (χ4v) is 5.10. The van der Waals surface area contributed by atoms with E-state index >= 15 is 0 Å². The standard InChI is InChI=1S/C29H30F2N6O2/c1-39-36-16-19-4-7-34-28(27(19)32)18-2-3-26-24(14-18)29(37-9-5-23(6-10-37)33-8-11-38)25(17-35-26)20-12-21(30)15-22(31)13-20/h2-4,7,12-17,23,33,38H,5-6,8-11,32H2,1H3/b36-16+. The van der Waals surface area contributed by atoms with Crippen LogP contribution < -0.4 is 16.0 Å². The first-order valence-electron chi connectivity index (χ1n) is 12.8. The average molecular weight is 533 g/mol. The van der Waals surface area contributed by atoms with Gasteiger partial charge in [-0.25, -0.2) is 8.78 Å². The molecule has 0 spiro atoms. The molecule has 0 aliphatic carbocycles. The number of aliphatic hydroxyl groups is 1. The maximum absolute atomic E-state index is 14.3. The molecule has 3 heterocycles. The fourth-order valence-electron chi connectivity index (χ4n) is 5.10. The number of piperidine rings is 1. The minimum Gasteiger partial charge on any atom is -0.399 e. The van der Waals surface area contributed by atoms with Gasteiger partial charge in [-0.3, -0.25) is 9.97 Å². The van der Waals surface area contributed by atoms with Gasteiger partial charge < -0.3 is 25.9 Å². The second-order valence-electron chi connectivity index (χ2n) is 9.43. The molecule has 1 aliphatic rings. The second kappa shape index (κ2) is 11.7. The van der Waals surface area contributed by atoms with Gasteiger partial charge in [0.25, 0.3) is 0 Å². The zero-order valence-electron chi connectivity index (χ0n) is 21.6. The Kier molecular flexibility index (Phi) is 7.94. The van der Waals surface area contributed by atoms with Crippen LogP contribution in [0, 0.1) is 11.6 Å². The van der Waals surface area contributed by atoms with Gasteiger partial charge in [0.2, 0.25) is 0 Å². The van der Waals surface area contributed by atoms with Crippen LogP contribution in [0.2, 0.25) is 0 Å². The molecular weight excluding hydrogens is 502 g/mol. The molecule has 0 atom stereocenters. The normalized spacial score (nSPS) is 14.4. The number of halogens is 2. The van der Waals surface area contributed by atoms with Crippen LogP contribution in [-0.4, -0.2) is 60.7 Å². The third kappa shape index (κ3) is 5.67. The van der Waals surface area contributed by atoms with Crippen LogP contribution in [0.1, 0.15) is 18.4 Å². The Balaban J connectivity index is 1.65. The molecule has 8 nitrogen and oxygen atoms in total. The minimum absolute atomic E-state index is 0.0863. The number of hydrogen-bond acceptors (Lipinski definition) is 8. The summed E-state index contributed by atoms with van der Waals surface area (Å²) in [7, 11) is 1.46. The van der Waals surface area contributed by atoms with E-state index in [-0.39, 0.29) is 12.6 Å². The van der Waals surface area contributed by atoms with E-state index in [0.29, 0.717) is 34.6 Å². The van der Waals surface area contributed by atoms with E-state index in [1.165, 1.54) is 25.5 Å². The van der Waals surface area contributed by atoms with E-state index in [9.17, 15) is 13.9 Å². The summed E-state index contributed by atoms with van der Waals surface area (Å²) in [6.45, 7) is 2.08. The summed E-state index contributed by atoms with van der Waals surface area (Å²) in [6, 6.07) is 11.3. The summed E-state index contributed by atoms with van der Waals surface area (Å²) >= 11 is 0. The van der Waals surface area contributed by atoms with Crippen molar-refractivity contribution in [1.82, 2.24) is 15.3 Å². The monoisotopic (exact) mass is 532 g/mol. The van der Waals surface area contributed by atoms with E-state index in [2.05, 4.69) is 25.3 Å². The average Bonchev–Trinajstić information content (AvgIpc) is 2.94. The van der Waals surface area contributed by atoms with E-state index in [1.54, 1.807) is 18.5 Å². The first-order valence-corrected chi connectivity index (χ1v) is 12.8. The van der Waals surface area contributed by atoms with Crippen LogP contribution in [0.25, 0.3) is 33.3 Å². The number of anilines is 2. The number of nitrogens with zero attached hydrogens (tertiary/aromatic N) is 4. The van der Waals surface area contributed by atoms with Gasteiger partial charge in [0.1, 0.15) is 18.7 Å². The zero-order valence-corrected chi connectivity index (χ0v) is 21.6. The number of oxime groups is 1. The molecule has 4 N–H and O–H groups in total. The van der Waals surface area contributed by atoms with Gasteiger partial charge in [-0.15, -0.1) is 0 Å². The van der Waals surface area contributed by atoms with E-state index in [0.717, 1.165) is 54.2 Å². The summed E-state index contributed by atoms with van der Waals surface area (Å²) in [5.41, 5.74) is 11.6. The highest BCUT2D eigenvalue weighted by molar-refractivity contribution is 6.02. The molecule has 1 aliphatic heterocycles. The van der Waals surface area contributed by atoms with Gasteiger partial charge >= 0.3 is 0 Å². The topological polar surface area (TPSA) is 109 Å². The van der Waals surface area contributed by atoms with Crippen molar-refractivity contribution in [2.75, 3.05) is 44.0 Å². The number of benzene rings is 2. The number of nitrogens with two attached hydrogens (primary N) is 1. The van der Waals surface area contributed by atoms with Crippen molar-refractivity contribution < 1.29 is 18.7 Å². The highest BCUT2D eigenvalue weighted by Crippen LogP contribution is 2.40. The van der Waals surface area contributed by atoms with Crippen LogP contribution in [0.15, 0.2) is 60.0 Å². The van der Waals surface area contributed by atoms with Gasteiger partial charge in [-0.05, 0) is 48.7 Å². The van der Waals surface area contributed by atoms with Crippen molar-refractivity contribution in [3.05, 3.63) is 72.1 Å². The van der Waals surface area contributed by atoms with Crippen molar-refractivity contribution in [2.24, 2.45) is 5.16 Å². The maximum Gasteiger partial charge on any atom is 0.126 e. The summed E-state index contributed by atoms with van der Waals surface area (Å²) in [4.78, 5) is 16.2. The Hall–Kier alpha value is -4.15. The number of hydrogen-bond donors (Lipinski definition) is 3. The third-order valence-electron chi connectivity index (χ3n) is 6.96. The molecule has 5 rings (SSSR count). The molecule has 0 bridgehead atoms. The molecule has 0 radical (unpaired) electrons. The lowest BCUT2D eigenvalue weighted by Crippen LogP contribution is -2.43. The Labute approximate surface area is 225 Å². The lowest BCUT2D eigenvalue weighted by atomic mass is 9.96. The van der Waals surface area contributed by atoms with Gasteiger partial charge in [0, 0.05) is 66.2 Å². The van der Waals surface area contributed by atoms with E-state index < -0.39 is 11.6 Å². The van der Waals surface area contributed by atoms with Gasteiger partial charge in [0.15, 0.2) is 0 Å². The second-order valence-corrected chi connectivity index (χ2v) is 9.43. The number of pyridine rings is 2. The Morgan fingerprint density at radius 1 is 1.10 bits per heavy atom. The first kappa shape index (κ1) is 26.5. The minimum atomic E-state index is -0.650. The third-order valence-corrected chi connectivity index (χ3v) is 6.96. The van der Waals surface area contributed by atoms with Crippen LogP contribution in [-0.2, 0) is 4.84 Å². The van der Waals surface area contributed by atoms with Crippen LogP contribution in [0.4, 0.5) is 20.2 Å². The SMILES string of the molecule is CO/N=C/c1ccnc(-c2ccc3ncc(-c4cc(F)cc(F)c4)c(N4CCC(NCCO)CC4)c3c2)c1N. The van der Waals surface area contributed by atoms with Crippen molar-refractivity contribution in [2.45, 2.75) is 18.9 Å². The largest absolute Gasteiger partial charge is 0.399 e. The molecule has 39 heavy (non-hydrogen) atoms. The molecular formula is C29H30F2N6O2. The molecule has 0 saturated carbocycles. The Morgan fingerprint density at radius 3 is 2.59 bits per heavy atom. The number of nitrogen functional groups attached to an aromatic ring is 1. The van der Waals surface area contributed by atoms with Crippen LogP contribution >= 0.6 is 0 Å². The Morgan fingerprint density at radius 2 is 1.87 bits per heavy atom. The molecule has 1 fully saturated rings. The van der Waals surface area contributed by atoms with Crippen molar-refractivity contribution >= 4 is 28.5 Å². The molecule has 0 amide bonds. The number of aromatic nitrogens is 2. The van der Waals surface area contributed by atoms with E-state index in [1.807, 2.05) is 18.2 Å². The number of rotatable bonds is 8. The summed E-state index contributed by atoms with van der Waals surface area (Å²) < 4.78 is 28.6. The fraction of sp³-hybridized carbons (Fsp3) is 0.276. The lowest BCUT2D eigenvalue weighted by molar-refractivity contribution is 0.215. The lowest BCUT2D eigenvalue weighted by Gasteiger charge is -2.36. The summed E-state index contributed by atoms with van der Waals surface area (Å²) in [6.07, 6.45) is 6.57. The molecule has 4 aromatic rings. The van der Waals surface area contributed by atoms with Crippen LogP contribution in [0.3, 0.4) is 0 Å². The zero-order chi connectivity index (χ0) is 27.4. The summed E-state index contributed by atoms with van der Waals surface area (Å²) in [5.74, 6) is -1.30. The number of aliphatic hydroxyl groups excluding tert-OH is 1. The smallest absolute Gasteiger partial charge is 0.126 e. The molecule has 0 unspecified atom stereocenters. The predicted octanol–water partition coefficient (Wildman–Crippen LogP) is 4.36. The van der Waals surface area contributed by atoms with Gasteiger partial charge in [-0.1, -0.05) is 11.2 Å². The molecule has 10 heteroatoms. The highest BCUT2D eigenvalue weighted by Gasteiger charge is 2.24. The molecule has 2 aromatic heterocycles. The van der Waals surface area contributed by atoms with Crippen molar-refractivity contribution in [1.29, 1.82) is 0 Å². The van der Waals surface area contributed by atoms with Gasteiger partial charge in [-0.2, -0.15) is 0 Å². The van der Waals surface area contributed by atoms with Crippen molar-refractivity contribution in [3.63, 3.8) is 0 Å². The van der Waals surface area contributed by atoms with E-state index in [4.69, 9.17) is 10.6 Å². The Bertz CT molecular complexity index is 1480. The predicted molar refractivity (Wildman–Crippen MR) is 150 cm³/mol. The number of fused-ring (bicyclic) bond motifs is 1. The number of nitrogens with one attached hydrogen (secondary N) is 1. The quantitative estimate of drug-likeness (QED) is 0.229. The van der Waals surface area contributed by atoms with Gasteiger partial charge in [0.05, 0.1) is 35.4 Å².